The maximum Gasteiger partial charge on any atom is 0.311 e. The number of hydrogen-bond donors (Lipinski definition) is 0. The van der Waals surface area contributed by atoms with Crippen molar-refractivity contribution in [1.29, 1.82) is 0 Å². The molecule has 0 aliphatic carbocycles. The fourth-order valence-electron chi connectivity index (χ4n) is 3.22. The lowest BCUT2D eigenvalue weighted by Gasteiger charge is -2.07. The Labute approximate surface area is 181 Å². The molecule has 0 aliphatic heterocycles. The topological polar surface area (TPSA) is 52.6 Å². The number of carbonyl (C=O) groups excluding carboxylic acids is 2. The molecule has 1 rings (SSSR count). The molecule has 1 aromatic heterocycles. The van der Waals surface area contributed by atoms with E-state index in [0.717, 1.165) is 25.7 Å². The second kappa shape index (κ2) is 17.5. The van der Waals surface area contributed by atoms with E-state index in [9.17, 15) is 9.59 Å². The van der Waals surface area contributed by atoms with Gasteiger partial charge in [-0.25, -0.2) is 0 Å². The molecule has 0 fully saturated rings. The lowest BCUT2D eigenvalue weighted by molar-refractivity contribution is -0.137. The molecule has 0 radical (unpaired) electrons. The van der Waals surface area contributed by atoms with Gasteiger partial charge >= 0.3 is 11.9 Å². The van der Waals surface area contributed by atoms with E-state index in [1.165, 1.54) is 75.5 Å². The summed E-state index contributed by atoms with van der Waals surface area (Å²) in [5.74, 6) is 0.245. The molecule has 0 amide bonds. The number of unbranched alkanes of at least 4 members (excludes halogenated alkanes) is 12. The van der Waals surface area contributed by atoms with Crippen molar-refractivity contribution in [2.45, 2.75) is 117 Å². The predicted molar refractivity (Wildman–Crippen MR) is 121 cm³/mol. The van der Waals surface area contributed by atoms with Crippen molar-refractivity contribution in [2.24, 2.45) is 0 Å². The van der Waals surface area contributed by atoms with Crippen LogP contribution in [0.3, 0.4) is 0 Å². The third kappa shape index (κ3) is 13.5. The quantitative estimate of drug-likeness (QED) is 0.178. The van der Waals surface area contributed by atoms with Crippen LogP contribution in [0.4, 0.5) is 0 Å². The van der Waals surface area contributed by atoms with E-state index in [1.54, 1.807) is 10.8 Å². The highest BCUT2D eigenvalue weighted by molar-refractivity contribution is 7.08. The summed E-state index contributed by atoms with van der Waals surface area (Å²) in [4.78, 5) is 24.1. The Morgan fingerprint density at radius 1 is 0.621 bits per heavy atom. The first-order chi connectivity index (χ1) is 14.2. The Morgan fingerprint density at radius 3 is 1.34 bits per heavy atom. The van der Waals surface area contributed by atoms with E-state index in [4.69, 9.17) is 9.47 Å². The first-order valence-electron chi connectivity index (χ1n) is 11.6. The summed E-state index contributed by atoms with van der Waals surface area (Å²) >= 11 is 1.37. The monoisotopic (exact) mass is 424 g/mol. The van der Waals surface area contributed by atoms with Gasteiger partial charge in [0, 0.05) is 23.6 Å². The largest absolute Gasteiger partial charge is 0.422 e. The van der Waals surface area contributed by atoms with Crippen molar-refractivity contribution in [2.75, 3.05) is 0 Å². The highest BCUT2D eigenvalue weighted by atomic mass is 32.1. The van der Waals surface area contributed by atoms with E-state index in [2.05, 4.69) is 13.8 Å². The zero-order valence-corrected chi connectivity index (χ0v) is 19.3. The molecule has 5 heteroatoms. The van der Waals surface area contributed by atoms with Gasteiger partial charge in [-0.05, 0) is 12.8 Å². The zero-order chi connectivity index (χ0) is 21.2. The van der Waals surface area contributed by atoms with E-state index in [-0.39, 0.29) is 11.9 Å². The van der Waals surface area contributed by atoms with Gasteiger partial charge in [0.1, 0.15) is 0 Å². The van der Waals surface area contributed by atoms with Gasteiger partial charge in [-0.2, -0.15) is 0 Å². The molecule has 1 heterocycles. The summed E-state index contributed by atoms with van der Waals surface area (Å²) in [6.07, 6.45) is 17.1. The Kier molecular flexibility index (Phi) is 15.5. The van der Waals surface area contributed by atoms with Crippen LogP contribution in [0.1, 0.15) is 117 Å². The summed E-state index contributed by atoms with van der Waals surface area (Å²) in [5.41, 5.74) is 0. The molecular formula is C24H40O4S. The van der Waals surface area contributed by atoms with E-state index < -0.39 is 0 Å². The molecule has 0 atom stereocenters. The molecule has 0 saturated carbocycles. The molecule has 0 unspecified atom stereocenters. The molecule has 29 heavy (non-hydrogen) atoms. The minimum Gasteiger partial charge on any atom is -0.422 e. The lowest BCUT2D eigenvalue weighted by Crippen LogP contribution is -2.11. The summed E-state index contributed by atoms with van der Waals surface area (Å²) in [6.45, 7) is 4.42. The Bertz CT molecular complexity index is 506. The predicted octanol–water partition coefficient (Wildman–Crippen LogP) is 7.84. The van der Waals surface area contributed by atoms with Crippen molar-refractivity contribution < 1.29 is 19.1 Å². The molecule has 0 N–H and O–H groups in total. The maximum absolute atomic E-state index is 12.0. The third-order valence-corrected chi connectivity index (χ3v) is 5.71. The van der Waals surface area contributed by atoms with Crippen LogP contribution >= 0.6 is 11.3 Å². The molecule has 4 nitrogen and oxygen atoms in total. The number of esters is 2. The van der Waals surface area contributed by atoms with Crippen molar-refractivity contribution in [1.82, 2.24) is 0 Å². The maximum atomic E-state index is 12.0. The molecule has 0 saturated heterocycles. The van der Waals surface area contributed by atoms with Crippen molar-refractivity contribution >= 4 is 23.3 Å². The van der Waals surface area contributed by atoms with Crippen LogP contribution in [0.2, 0.25) is 0 Å². The summed E-state index contributed by atoms with van der Waals surface area (Å²) in [6, 6.07) is 0. The third-order valence-electron chi connectivity index (χ3n) is 5.01. The van der Waals surface area contributed by atoms with Gasteiger partial charge in [-0.15, -0.1) is 11.3 Å². The van der Waals surface area contributed by atoms with Crippen LogP contribution in [0.5, 0.6) is 11.5 Å². The fourth-order valence-corrected chi connectivity index (χ4v) is 3.87. The smallest absolute Gasteiger partial charge is 0.311 e. The fraction of sp³-hybridized carbons (Fsp3) is 0.750. The second-order valence-electron chi connectivity index (χ2n) is 7.79. The van der Waals surface area contributed by atoms with Gasteiger partial charge in [-0.3, -0.25) is 9.59 Å². The van der Waals surface area contributed by atoms with Crippen LogP contribution in [-0.4, -0.2) is 11.9 Å². The molecule has 0 aromatic carbocycles. The summed E-state index contributed by atoms with van der Waals surface area (Å²) in [7, 11) is 0. The first-order valence-corrected chi connectivity index (χ1v) is 12.6. The van der Waals surface area contributed by atoms with Crippen molar-refractivity contribution in [3.05, 3.63) is 10.8 Å². The number of thiophene rings is 1. The SMILES string of the molecule is CCCCCCCCCC(=O)Oc1cscc1OC(=O)CCCCCCCCC. The molecular weight excluding hydrogens is 384 g/mol. The minimum absolute atomic E-state index is 0.249. The average molecular weight is 425 g/mol. The lowest BCUT2D eigenvalue weighted by atomic mass is 10.1. The Balaban J connectivity index is 2.17. The highest BCUT2D eigenvalue weighted by Gasteiger charge is 2.14. The molecule has 166 valence electrons. The van der Waals surface area contributed by atoms with Crippen molar-refractivity contribution in [3.63, 3.8) is 0 Å². The van der Waals surface area contributed by atoms with E-state index >= 15 is 0 Å². The molecule has 0 aliphatic rings. The number of ether oxygens (including phenoxy) is 2. The standard InChI is InChI=1S/C24H40O4S/c1-3-5-7-9-11-13-15-17-23(25)27-21-19-29-20-22(21)28-24(26)18-16-14-12-10-8-6-4-2/h19-20H,3-18H2,1-2H3. The van der Waals surface area contributed by atoms with Crippen LogP contribution < -0.4 is 9.47 Å². The first kappa shape index (κ1) is 25.7. The van der Waals surface area contributed by atoms with Crippen LogP contribution in [0.15, 0.2) is 10.8 Å². The highest BCUT2D eigenvalue weighted by Crippen LogP contribution is 2.32. The molecule has 0 spiro atoms. The van der Waals surface area contributed by atoms with Gasteiger partial charge in [0.05, 0.1) is 0 Å². The Morgan fingerprint density at radius 2 is 0.966 bits per heavy atom. The van der Waals surface area contributed by atoms with Crippen molar-refractivity contribution in [3.8, 4) is 11.5 Å². The second-order valence-corrected chi connectivity index (χ2v) is 8.53. The Hall–Kier alpha value is -1.36. The minimum atomic E-state index is -0.249. The van der Waals surface area contributed by atoms with Crippen LogP contribution in [-0.2, 0) is 9.59 Å². The van der Waals surface area contributed by atoms with Gasteiger partial charge in [0.15, 0.2) is 11.5 Å². The van der Waals surface area contributed by atoms with Gasteiger partial charge in [0.2, 0.25) is 0 Å². The summed E-state index contributed by atoms with van der Waals surface area (Å²) < 4.78 is 10.8. The number of carbonyl (C=O) groups is 2. The van der Waals surface area contributed by atoms with Gasteiger partial charge < -0.3 is 9.47 Å². The van der Waals surface area contributed by atoms with E-state index in [0.29, 0.717) is 24.3 Å². The normalized spacial score (nSPS) is 10.8. The van der Waals surface area contributed by atoms with Crippen LogP contribution in [0, 0.1) is 0 Å². The number of hydrogen-bond acceptors (Lipinski definition) is 5. The van der Waals surface area contributed by atoms with Crippen LogP contribution in [0.25, 0.3) is 0 Å². The molecule has 0 bridgehead atoms. The van der Waals surface area contributed by atoms with Gasteiger partial charge in [0.25, 0.3) is 0 Å². The average Bonchev–Trinajstić information content (AvgIpc) is 3.13. The van der Waals surface area contributed by atoms with Gasteiger partial charge in [-0.1, -0.05) is 90.9 Å². The summed E-state index contributed by atoms with van der Waals surface area (Å²) in [5, 5.41) is 3.44. The molecule has 1 aromatic rings. The van der Waals surface area contributed by atoms with E-state index in [1.807, 2.05) is 0 Å². The number of rotatable bonds is 18. The zero-order valence-electron chi connectivity index (χ0n) is 18.5.